The predicted molar refractivity (Wildman–Crippen MR) is 112 cm³/mol. The first-order chi connectivity index (χ1) is 15.0. The maximum Gasteiger partial charge on any atom is 0.247 e. The van der Waals surface area contributed by atoms with Gasteiger partial charge in [-0.15, -0.1) is 0 Å². The number of carbonyl (C=O) groups excluding carboxylic acids is 1. The number of nitrogens with one attached hydrogen (secondary N) is 1. The number of nitrogens with zero attached hydrogens (tertiary/aromatic N) is 5. The first-order valence-electron chi connectivity index (χ1n) is 9.23. The minimum Gasteiger partial charge on any atom is -0.487 e. The zero-order valence-electron chi connectivity index (χ0n) is 16.5. The Morgan fingerprint density at radius 1 is 1.29 bits per heavy atom. The standard InChI is InChI=1S/C22H17FN6O2/c1-3-21(30)27-19-6-14(4-5-18(19)23)13-31-20-7-15(17-10-25-28(2)11-17)12-29-22(20)16(8-24)9-26-29/h3-7,9-12H,1,13H2,2H3,(H,27,30). The van der Waals surface area contributed by atoms with Crippen LogP contribution in [0.1, 0.15) is 11.1 Å². The van der Waals surface area contributed by atoms with Crippen molar-refractivity contribution in [1.29, 1.82) is 5.26 Å². The summed E-state index contributed by atoms with van der Waals surface area (Å²) in [5.41, 5.74) is 3.22. The van der Waals surface area contributed by atoms with Gasteiger partial charge in [-0.2, -0.15) is 15.5 Å². The summed E-state index contributed by atoms with van der Waals surface area (Å²) in [5.74, 6) is -0.639. The van der Waals surface area contributed by atoms with Crippen molar-refractivity contribution in [2.45, 2.75) is 6.61 Å². The molecule has 3 aromatic heterocycles. The second-order valence-electron chi connectivity index (χ2n) is 6.76. The van der Waals surface area contributed by atoms with Gasteiger partial charge in [-0.25, -0.2) is 8.91 Å². The lowest BCUT2D eigenvalue weighted by Gasteiger charge is -2.12. The van der Waals surface area contributed by atoms with E-state index < -0.39 is 11.7 Å². The van der Waals surface area contributed by atoms with E-state index >= 15 is 0 Å². The fraction of sp³-hybridized carbons (Fsp3) is 0.0909. The Labute approximate surface area is 176 Å². The average molecular weight is 416 g/mol. The van der Waals surface area contributed by atoms with Gasteiger partial charge in [-0.3, -0.25) is 9.48 Å². The molecule has 9 heteroatoms. The second kappa shape index (κ2) is 8.12. The van der Waals surface area contributed by atoms with Crippen LogP contribution in [0, 0.1) is 17.1 Å². The quantitative estimate of drug-likeness (QED) is 0.486. The molecule has 0 aliphatic carbocycles. The summed E-state index contributed by atoms with van der Waals surface area (Å²) in [6.45, 7) is 3.44. The first-order valence-corrected chi connectivity index (χ1v) is 9.23. The van der Waals surface area contributed by atoms with Crippen LogP contribution < -0.4 is 10.1 Å². The maximum atomic E-state index is 14.0. The Balaban J connectivity index is 1.68. The number of ether oxygens (including phenoxy) is 1. The average Bonchev–Trinajstić information content (AvgIpc) is 3.39. The zero-order chi connectivity index (χ0) is 22.0. The van der Waals surface area contributed by atoms with E-state index in [1.165, 1.54) is 18.3 Å². The molecule has 1 aromatic carbocycles. The summed E-state index contributed by atoms with van der Waals surface area (Å²) >= 11 is 0. The lowest BCUT2D eigenvalue weighted by atomic mass is 10.1. The van der Waals surface area contributed by atoms with Crippen molar-refractivity contribution in [1.82, 2.24) is 19.4 Å². The predicted octanol–water partition coefficient (Wildman–Crippen LogP) is 3.45. The van der Waals surface area contributed by atoms with E-state index in [0.717, 1.165) is 17.2 Å². The number of rotatable bonds is 6. The van der Waals surface area contributed by atoms with Crippen LogP contribution in [-0.4, -0.2) is 25.3 Å². The Kier molecular flexibility index (Phi) is 5.20. The summed E-state index contributed by atoms with van der Waals surface area (Å²) in [7, 11) is 1.82. The monoisotopic (exact) mass is 416 g/mol. The molecule has 0 saturated heterocycles. The topological polar surface area (TPSA) is 97.2 Å². The Morgan fingerprint density at radius 2 is 2.13 bits per heavy atom. The second-order valence-corrected chi connectivity index (χ2v) is 6.76. The number of hydrogen-bond acceptors (Lipinski definition) is 5. The number of carbonyl (C=O) groups is 1. The van der Waals surface area contributed by atoms with Gasteiger partial charge in [0.25, 0.3) is 0 Å². The molecule has 4 rings (SSSR count). The normalized spacial score (nSPS) is 10.6. The largest absolute Gasteiger partial charge is 0.487 e. The molecule has 154 valence electrons. The number of nitriles is 1. The molecule has 0 spiro atoms. The highest BCUT2D eigenvalue weighted by atomic mass is 19.1. The molecular weight excluding hydrogens is 399 g/mol. The maximum absolute atomic E-state index is 14.0. The van der Waals surface area contributed by atoms with Gasteiger partial charge in [0.2, 0.25) is 5.91 Å². The van der Waals surface area contributed by atoms with E-state index in [1.807, 2.05) is 13.2 Å². The summed E-state index contributed by atoms with van der Waals surface area (Å²) < 4.78 is 23.3. The molecule has 31 heavy (non-hydrogen) atoms. The highest BCUT2D eigenvalue weighted by molar-refractivity contribution is 5.99. The van der Waals surface area contributed by atoms with Crippen LogP contribution in [0.15, 0.2) is 61.7 Å². The molecule has 1 N–H and O–H groups in total. The van der Waals surface area contributed by atoms with Crippen molar-refractivity contribution in [2.75, 3.05) is 5.32 Å². The van der Waals surface area contributed by atoms with Gasteiger partial charge in [0.15, 0.2) is 0 Å². The highest BCUT2D eigenvalue weighted by Crippen LogP contribution is 2.30. The SMILES string of the molecule is C=CC(=O)Nc1cc(COc2cc(-c3cnn(C)c3)cn3ncc(C#N)c23)ccc1F. The van der Waals surface area contributed by atoms with Crippen LogP contribution in [0.5, 0.6) is 5.75 Å². The number of hydrogen-bond donors (Lipinski definition) is 1. The molecule has 0 saturated carbocycles. The van der Waals surface area contributed by atoms with Crippen LogP contribution >= 0.6 is 0 Å². The van der Waals surface area contributed by atoms with Crippen molar-refractivity contribution in [3.8, 4) is 22.9 Å². The fourth-order valence-electron chi connectivity index (χ4n) is 3.11. The van der Waals surface area contributed by atoms with Crippen molar-refractivity contribution >= 4 is 17.1 Å². The molecule has 3 heterocycles. The summed E-state index contributed by atoms with van der Waals surface area (Å²) in [6, 6.07) is 8.21. The number of halogens is 1. The molecule has 1 amide bonds. The van der Waals surface area contributed by atoms with Crippen LogP contribution in [-0.2, 0) is 18.4 Å². The summed E-state index contributed by atoms with van der Waals surface area (Å²) in [6.07, 6.45) is 7.89. The number of fused-ring (bicyclic) bond motifs is 1. The van der Waals surface area contributed by atoms with Crippen molar-refractivity contribution < 1.29 is 13.9 Å². The molecule has 0 aliphatic rings. The van der Waals surface area contributed by atoms with Gasteiger partial charge < -0.3 is 10.1 Å². The molecule has 4 aromatic rings. The number of aryl methyl sites for hydroxylation is 1. The molecule has 8 nitrogen and oxygen atoms in total. The Bertz CT molecular complexity index is 1350. The number of amides is 1. The van der Waals surface area contributed by atoms with Crippen LogP contribution in [0.4, 0.5) is 10.1 Å². The minimum absolute atomic E-state index is 0.0299. The van der Waals surface area contributed by atoms with Crippen molar-refractivity contribution in [2.24, 2.45) is 7.05 Å². The molecule has 0 fully saturated rings. The van der Waals surface area contributed by atoms with Gasteiger partial charge in [0, 0.05) is 30.6 Å². The van der Waals surface area contributed by atoms with Crippen LogP contribution in [0.2, 0.25) is 0 Å². The lowest BCUT2D eigenvalue weighted by molar-refractivity contribution is -0.111. The number of pyridine rings is 1. The van der Waals surface area contributed by atoms with Gasteiger partial charge in [-0.05, 0) is 29.8 Å². The third kappa shape index (κ3) is 4.00. The summed E-state index contributed by atoms with van der Waals surface area (Å²) in [4.78, 5) is 11.5. The molecule has 0 aliphatic heterocycles. The number of aromatic nitrogens is 4. The lowest BCUT2D eigenvalue weighted by Crippen LogP contribution is -2.09. The molecule has 0 radical (unpaired) electrons. The van der Waals surface area contributed by atoms with E-state index in [-0.39, 0.29) is 12.3 Å². The van der Waals surface area contributed by atoms with E-state index in [4.69, 9.17) is 4.74 Å². The van der Waals surface area contributed by atoms with Crippen molar-refractivity contribution in [3.05, 3.63) is 78.7 Å². The van der Waals surface area contributed by atoms with Gasteiger partial charge in [0.1, 0.15) is 35.3 Å². The fourth-order valence-corrected chi connectivity index (χ4v) is 3.11. The molecule has 0 unspecified atom stereocenters. The zero-order valence-corrected chi connectivity index (χ0v) is 16.5. The van der Waals surface area contributed by atoms with Crippen molar-refractivity contribution in [3.63, 3.8) is 0 Å². The van der Waals surface area contributed by atoms with Crippen LogP contribution in [0.25, 0.3) is 16.6 Å². The van der Waals surface area contributed by atoms with E-state index in [2.05, 4.69) is 28.2 Å². The Hall–Kier alpha value is -4.45. The third-order valence-electron chi connectivity index (χ3n) is 4.60. The number of benzene rings is 1. The third-order valence-corrected chi connectivity index (χ3v) is 4.60. The highest BCUT2D eigenvalue weighted by Gasteiger charge is 2.15. The first kappa shape index (κ1) is 19.8. The molecule has 0 atom stereocenters. The van der Waals surface area contributed by atoms with Gasteiger partial charge in [-0.1, -0.05) is 12.6 Å². The van der Waals surface area contributed by atoms with Gasteiger partial charge >= 0.3 is 0 Å². The van der Waals surface area contributed by atoms with E-state index in [9.17, 15) is 14.4 Å². The van der Waals surface area contributed by atoms with Crippen LogP contribution in [0.3, 0.4) is 0 Å². The summed E-state index contributed by atoms with van der Waals surface area (Å²) in [5, 5.41) is 20.3. The minimum atomic E-state index is -0.567. The molecule has 0 bridgehead atoms. The smallest absolute Gasteiger partial charge is 0.247 e. The Morgan fingerprint density at radius 3 is 2.84 bits per heavy atom. The van der Waals surface area contributed by atoms with Gasteiger partial charge in [0.05, 0.1) is 18.1 Å². The van der Waals surface area contributed by atoms with E-state index in [1.54, 1.807) is 33.7 Å². The molecular formula is C22H17FN6O2. The number of anilines is 1. The van der Waals surface area contributed by atoms with E-state index in [0.29, 0.717) is 22.4 Å².